The van der Waals surface area contributed by atoms with E-state index in [1.807, 2.05) is 18.2 Å². The summed E-state index contributed by atoms with van der Waals surface area (Å²) >= 11 is 0. The lowest BCUT2D eigenvalue weighted by Crippen LogP contribution is -2.07. The molecule has 0 aliphatic carbocycles. The molecular weight excluding hydrogens is 234 g/mol. The van der Waals surface area contributed by atoms with Crippen LogP contribution in [0.15, 0.2) is 18.2 Å². The molecule has 4 N–H and O–H groups in total. The number of hydrogen-bond acceptors (Lipinski definition) is 7. The van der Waals surface area contributed by atoms with Crippen LogP contribution in [0.25, 0.3) is 0 Å². The van der Waals surface area contributed by atoms with Crippen LogP contribution >= 0.6 is 0 Å². The monoisotopic (exact) mass is 245 g/mol. The van der Waals surface area contributed by atoms with Gasteiger partial charge < -0.3 is 20.9 Å². The lowest BCUT2D eigenvalue weighted by atomic mass is 10.1. The van der Waals surface area contributed by atoms with Gasteiger partial charge in [0.2, 0.25) is 12.7 Å². The Morgan fingerprint density at radius 2 is 1.94 bits per heavy atom. The van der Waals surface area contributed by atoms with Gasteiger partial charge in [0.25, 0.3) is 0 Å². The van der Waals surface area contributed by atoms with Gasteiger partial charge in [-0.3, -0.25) is 0 Å². The zero-order valence-electron chi connectivity index (χ0n) is 9.46. The van der Waals surface area contributed by atoms with Crippen molar-refractivity contribution in [2.75, 3.05) is 18.3 Å². The average Bonchev–Trinajstić information content (AvgIpc) is 2.80. The molecule has 0 saturated carbocycles. The van der Waals surface area contributed by atoms with Gasteiger partial charge in [0, 0.05) is 6.42 Å². The molecule has 0 radical (unpaired) electrons. The van der Waals surface area contributed by atoms with Crippen molar-refractivity contribution in [3.05, 3.63) is 29.5 Å². The summed E-state index contributed by atoms with van der Waals surface area (Å²) < 4.78 is 10.5. The van der Waals surface area contributed by atoms with Crippen LogP contribution in [0.2, 0.25) is 0 Å². The molecule has 0 atom stereocenters. The van der Waals surface area contributed by atoms with Crippen molar-refractivity contribution in [1.29, 1.82) is 0 Å². The summed E-state index contributed by atoms with van der Waals surface area (Å²) in [5.74, 6) is 1.83. The standard InChI is InChI=1S/C11H11N5O2/c12-10-7(15-16-11(13)14-10)3-6-1-2-8-9(4-6)18-5-17-8/h1-2,4H,3,5H2,(H4,12,13,14,16). The Kier molecular flexibility index (Phi) is 2.36. The molecule has 0 saturated heterocycles. The summed E-state index contributed by atoms with van der Waals surface area (Å²) in [6, 6.07) is 5.66. The van der Waals surface area contributed by atoms with Gasteiger partial charge >= 0.3 is 0 Å². The van der Waals surface area contributed by atoms with Crippen LogP contribution in [0.1, 0.15) is 11.3 Å². The van der Waals surface area contributed by atoms with Gasteiger partial charge in [-0.15, -0.1) is 10.2 Å². The minimum absolute atomic E-state index is 0.0712. The van der Waals surface area contributed by atoms with Crippen LogP contribution in [0, 0.1) is 0 Å². The predicted octanol–water partition coefficient (Wildman–Crippen LogP) is 0.355. The highest BCUT2D eigenvalue weighted by Crippen LogP contribution is 2.33. The first-order chi connectivity index (χ1) is 8.72. The Labute approximate surface area is 103 Å². The van der Waals surface area contributed by atoms with Crippen LogP contribution < -0.4 is 20.9 Å². The van der Waals surface area contributed by atoms with Crippen molar-refractivity contribution in [3.63, 3.8) is 0 Å². The number of ether oxygens (including phenoxy) is 2. The molecule has 0 unspecified atom stereocenters. The number of nitrogen functional groups attached to an aromatic ring is 2. The minimum Gasteiger partial charge on any atom is -0.454 e. The zero-order valence-corrected chi connectivity index (χ0v) is 9.46. The maximum absolute atomic E-state index is 5.73. The molecule has 3 rings (SSSR count). The lowest BCUT2D eigenvalue weighted by molar-refractivity contribution is 0.174. The molecule has 2 aromatic rings. The highest BCUT2D eigenvalue weighted by atomic mass is 16.7. The molecule has 0 fully saturated rings. The molecule has 18 heavy (non-hydrogen) atoms. The Hall–Kier alpha value is -2.57. The van der Waals surface area contributed by atoms with Crippen molar-refractivity contribution in [3.8, 4) is 11.5 Å². The molecule has 7 nitrogen and oxygen atoms in total. The second kappa shape index (κ2) is 4.02. The Morgan fingerprint density at radius 3 is 2.78 bits per heavy atom. The van der Waals surface area contributed by atoms with Gasteiger partial charge in [0.05, 0.1) is 0 Å². The summed E-state index contributed by atoms with van der Waals surface area (Å²) in [5, 5.41) is 7.62. The SMILES string of the molecule is Nc1nnc(Cc2ccc3c(c2)OCO3)c(N)n1. The van der Waals surface area contributed by atoms with E-state index >= 15 is 0 Å². The van der Waals surface area contributed by atoms with Gasteiger partial charge in [-0.2, -0.15) is 4.98 Å². The Morgan fingerprint density at radius 1 is 1.11 bits per heavy atom. The van der Waals surface area contributed by atoms with Gasteiger partial charge in [0.15, 0.2) is 17.3 Å². The minimum atomic E-state index is 0.0712. The predicted molar refractivity (Wildman–Crippen MR) is 64.0 cm³/mol. The molecule has 0 spiro atoms. The molecule has 1 aliphatic rings. The van der Waals surface area contributed by atoms with Crippen molar-refractivity contribution in [1.82, 2.24) is 15.2 Å². The maximum atomic E-state index is 5.73. The fourth-order valence-electron chi connectivity index (χ4n) is 1.74. The van der Waals surface area contributed by atoms with Gasteiger partial charge in [0.1, 0.15) is 5.69 Å². The molecule has 1 aromatic heterocycles. The fraction of sp³-hybridized carbons (Fsp3) is 0.182. The van der Waals surface area contributed by atoms with Gasteiger partial charge in [-0.25, -0.2) is 0 Å². The van der Waals surface area contributed by atoms with Gasteiger partial charge in [-0.1, -0.05) is 6.07 Å². The van der Waals surface area contributed by atoms with Crippen molar-refractivity contribution >= 4 is 11.8 Å². The summed E-state index contributed by atoms with van der Waals surface area (Å²) in [6.07, 6.45) is 0.517. The van der Waals surface area contributed by atoms with E-state index in [4.69, 9.17) is 20.9 Å². The first kappa shape index (κ1) is 10.6. The van der Waals surface area contributed by atoms with E-state index in [2.05, 4.69) is 15.2 Å². The topological polar surface area (TPSA) is 109 Å². The summed E-state index contributed by atoms with van der Waals surface area (Å²) in [5.41, 5.74) is 12.7. The fourth-order valence-corrected chi connectivity index (χ4v) is 1.74. The van der Waals surface area contributed by atoms with Crippen LogP contribution in [0.5, 0.6) is 11.5 Å². The number of benzene rings is 1. The van der Waals surface area contributed by atoms with Crippen LogP contribution in [-0.2, 0) is 6.42 Å². The molecule has 0 bridgehead atoms. The normalized spacial score (nSPS) is 12.7. The maximum Gasteiger partial charge on any atom is 0.242 e. The van der Waals surface area contributed by atoms with Crippen LogP contribution in [0.4, 0.5) is 11.8 Å². The largest absolute Gasteiger partial charge is 0.454 e. The molecule has 7 heteroatoms. The number of hydrogen-bond donors (Lipinski definition) is 2. The van der Waals surface area contributed by atoms with E-state index in [0.29, 0.717) is 17.9 Å². The van der Waals surface area contributed by atoms with Gasteiger partial charge in [-0.05, 0) is 17.7 Å². The molecular formula is C11H11N5O2. The molecule has 2 heterocycles. The second-order valence-corrected chi connectivity index (χ2v) is 3.87. The second-order valence-electron chi connectivity index (χ2n) is 3.87. The summed E-state index contributed by atoms with van der Waals surface area (Å²) in [6.45, 7) is 0.254. The smallest absolute Gasteiger partial charge is 0.242 e. The number of nitrogens with two attached hydrogens (primary N) is 2. The zero-order chi connectivity index (χ0) is 12.5. The Bertz CT molecular complexity index is 602. The quantitative estimate of drug-likeness (QED) is 0.785. The number of aromatic nitrogens is 3. The summed E-state index contributed by atoms with van der Waals surface area (Å²) in [7, 11) is 0. The van der Waals surface area contributed by atoms with E-state index in [1.54, 1.807) is 0 Å². The molecule has 0 amide bonds. The third-order valence-electron chi connectivity index (χ3n) is 2.61. The highest BCUT2D eigenvalue weighted by molar-refractivity contribution is 5.47. The third-order valence-corrected chi connectivity index (χ3v) is 2.61. The molecule has 1 aromatic carbocycles. The van der Waals surface area contributed by atoms with Crippen molar-refractivity contribution < 1.29 is 9.47 Å². The Balaban J connectivity index is 1.88. The van der Waals surface area contributed by atoms with E-state index < -0.39 is 0 Å². The van der Waals surface area contributed by atoms with Crippen molar-refractivity contribution in [2.45, 2.75) is 6.42 Å². The van der Waals surface area contributed by atoms with E-state index in [9.17, 15) is 0 Å². The van der Waals surface area contributed by atoms with E-state index in [0.717, 1.165) is 17.1 Å². The molecule has 1 aliphatic heterocycles. The van der Waals surface area contributed by atoms with Crippen molar-refractivity contribution in [2.24, 2.45) is 0 Å². The van der Waals surface area contributed by atoms with Crippen LogP contribution in [0.3, 0.4) is 0 Å². The van der Waals surface area contributed by atoms with E-state index in [-0.39, 0.29) is 12.7 Å². The first-order valence-corrected chi connectivity index (χ1v) is 5.35. The number of rotatable bonds is 2. The van der Waals surface area contributed by atoms with Crippen LogP contribution in [-0.4, -0.2) is 22.0 Å². The molecule has 92 valence electrons. The number of nitrogens with zero attached hydrogens (tertiary/aromatic N) is 3. The van der Waals surface area contributed by atoms with E-state index in [1.165, 1.54) is 0 Å². The highest BCUT2D eigenvalue weighted by Gasteiger charge is 2.14. The number of fused-ring (bicyclic) bond motifs is 1. The lowest BCUT2D eigenvalue weighted by Gasteiger charge is -2.04. The summed E-state index contributed by atoms with van der Waals surface area (Å²) in [4.78, 5) is 3.87. The third kappa shape index (κ3) is 1.86. The number of anilines is 2. The first-order valence-electron chi connectivity index (χ1n) is 5.35. The average molecular weight is 245 g/mol.